The fraction of sp³-hybridized carbons (Fsp3) is 0.556. The molecule has 7 heteroatoms. The molecule has 0 unspecified atom stereocenters. The summed E-state index contributed by atoms with van der Waals surface area (Å²) in [6.45, 7) is 7.74. The second-order valence-corrected chi connectivity index (χ2v) is 6.14. The zero-order valence-corrected chi connectivity index (χ0v) is 15.8. The van der Waals surface area contributed by atoms with Crippen LogP contribution in [0.1, 0.15) is 26.3 Å². The lowest BCUT2D eigenvalue weighted by Crippen LogP contribution is -2.45. The fourth-order valence-corrected chi connectivity index (χ4v) is 1.86. The van der Waals surface area contributed by atoms with Crippen LogP contribution in [0.3, 0.4) is 0 Å². The van der Waals surface area contributed by atoms with Gasteiger partial charge >= 0.3 is 0 Å². The zero-order valence-electron chi connectivity index (χ0n) is 15.8. The average Bonchev–Trinajstić information content (AvgIpc) is 2.62. The number of guanidine groups is 1. The normalized spacial score (nSPS) is 11.8. The molecular weight excluding hydrogens is 320 g/mol. The van der Waals surface area contributed by atoms with E-state index in [4.69, 9.17) is 9.47 Å². The Morgan fingerprint density at radius 1 is 1.12 bits per heavy atom. The summed E-state index contributed by atoms with van der Waals surface area (Å²) in [6.07, 6.45) is 0. The quantitative estimate of drug-likeness (QED) is 0.462. The van der Waals surface area contributed by atoms with Crippen LogP contribution >= 0.6 is 0 Å². The Labute approximate surface area is 150 Å². The lowest BCUT2D eigenvalue weighted by atomic mass is 10.1. The predicted molar refractivity (Wildman–Crippen MR) is 99.9 cm³/mol. The van der Waals surface area contributed by atoms with Gasteiger partial charge in [-0.2, -0.15) is 0 Å². The van der Waals surface area contributed by atoms with E-state index in [0.29, 0.717) is 25.6 Å². The van der Waals surface area contributed by atoms with Crippen molar-refractivity contribution in [2.24, 2.45) is 4.99 Å². The minimum Gasteiger partial charge on any atom is -0.497 e. The van der Waals surface area contributed by atoms with Crippen LogP contribution in [0.4, 0.5) is 0 Å². The third kappa shape index (κ3) is 8.39. The van der Waals surface area contributed by atoms with Crippen LogP contribution in [0.5, 0.6) is 5.75 Å². The number of nitrogens with zero attached hydrogens (tertiary/aromatic N) is 1. The molecule has 1 aromatic carbocycles. The summed E-state index contributed by atoms with van der Waals surface area (Å²) in [5.74, 6) is 1.24. The van der Waals surface area contributed by atoms with Crippen molar-refractivity contribution in [2.75, 3.05) is 33.9 Å². The van der Waals surface area contributed by atoms with Gasteiger partial charge in [0.25, 0.3) is 0 Å². The Balaban J connectivity index is 2.47. The van der Waals surface area contributed by atoms with Gasteiger partial charge in [-0.25, -0.2) is 4.99 Å². The molecule has 0 saturated heterocycles. The van der Waals surface area contributed by atoms with Crippen molar-refractivity contribution in [3.05, 3.63) is 29.8 Å². The fourth-order valence-electron chi connectivity index (χ4n) is 1.86. The molecule has 7 nitrogen and oxygen atoms in total. The SMILES string of the molecule is CCNC(=NCC(=O)NCc1ccc(OC)cc1)NCC(C)(C)OC. The summed E-state index contributed by atoms with van der Waals surface area (Å²) in [5.41, 5.74) is 0.692. The summed E-state index contributed by atoms with van der Waals surface area (Å²) in [6, 6.07) is 7.57. The van der Waals surface area contributed by atoms with Gasteiger partial charge < -0.3 is 25.4 Å². The lowest BCUT2D eigenvalue weighted by molar-refractivity contribution is -0.119. The molecule has 0 spiro atoms. The van der Waals surface area contributed by atoms with Crippen molar-refractivity contribution in [1.29, 1.82) is 0 Å². The number of nitrogens with one attached hydrogen (secondary N) is 3. The van der Waals surface area contributed by atoms with Crippen molar-refractivity contribution >= 4 is 11.9 Å². The molecule has 0 heterocycles. The first-order valence-electron chi connectivity index (χ1n) is 8.37. The minimum atomic E-state index is -0.313. The Hall–Kier alpha value is -2.28. The maximum absolute atomic E-state index is 12.0. The van der Waals surface area contributed by atoms with E-state index in [2.05, 4.69) is 20.9 Å². The molecule has 0 aromatic heterocycles. The highest BCUT2D eigenvalue weighted by atomic mass is 16.5. The summed E-state index contributed by atoms with van der Waals surface area (Å²) in [7, 11) is 3.29. The Bertz CT molecular complexity index is 556. The predicted octanol–water partition coefficient (Wildman–Crippen LogP) is 1.29. The van der Waals surface area contributed by atoms with Crippen LogP contribution in [0.25, 0.3) is 0 Å². The largest absolute Gasteiger partial charge is 0.497 e. The van der Waals surface area contributed by atoms with Crippen LogP contribution < -0.4 is 20.7 Å². The molecule has 1 aromatic rings. The van der Waals surface area contributed by atoms with Crippen LogP contribution in [-0.4, -0.2) is 51.3 Å². The molecule has 3 N–H and O–H groups in total. The van der Waals surface area contributed by atoms with Crippen LogP contribution in [0.15, 0.2) is 29.3 Å². The van der Waals surface area contributed by atoms with Gasteiger partial charge in [0, 0.05) is 26.7 Å². The molecule has 140 valence electrons. The number of carbonyl (C=O) groups excluding carboxylic acids is 1. The molecule has 0 aliphatic rings. The summed E-state index contributed by atoms with van der Waals surface area (Å²) in [4.78, 5) is 16.3. The van der Waals surface area contributed by atoms with Crippen molar-refractivity contribution < 1.29 is 14.3 Å². The highest BCUT2D eigenvalue weighted by Gasteiger charge is 2.16. The van der Waals surface area contributed by atoms with Gasteiger partial charge in [0.1, 0.15) is 12.3 Å². The highest BCUT2D eigenvalue weighted by Crippen LogP contribution is 2.10. The second kappa shape index (κ2) is 10.6. The summed E-state index contributed by atoms with van der Waals surface area (Å²) < 4.78 is 10.5. The van der Waals surface area contributed by atoms with E-state index in [-0.39, 0.29) is 18.1 Å². The molecule has 0 radical (unpaired) electrons. The molecule has 0 aliphatic carbocycles. The molecule has 0 fully saturated rings. The molecule has 1 rings (SSSR count). The van der Waals surface area contributed by atoms with Gasteiger partial charge in [-0.1, -0.05) is 12.1 Å². The Kier molecular flexibility index (Phi) is 8.77. The van der Waals surface area contributed by atoms with E-state index < -0.39 is 0 Å². The lowest BCUT2D eigenvalue weighted by Gasteiger charge is -2.24. The van der Waals surface area contributed by atoms with E-state index in [1.54, 1.807) is 14.2 Å². The van der Waals surface area contributed by atoms with Crippen LogP contribution in [-0.2, 0) is 16.1 Å². The summed E-state index contributed by atoms with van der Waals surface area (Å²) in [5, 5.41) is 9.13. The molecule has 25 heavy (non-hydrogen) atoms. The van der Waals surface area contributed by atoms with Crippen molar-refractivity contribution in [1.82, 2.24) is 16.0 Å². The van der Waals surface area contributed by atoms with Gasteiger partial charge in [0.05, 0.1) is 12.7 Å². The van der Waals surface area contributed by atoms with E-state index in [0.717, 1.165) is 11.3 Å². The first-order valence-corrected chi connectivity index (χ1v) is 8.37. The van der Waals surface area contributed by atoms with Crippen LogP contribution in [0.2, 0.25) is 0 Å². The van der Waals surface area contributed by atoms with Gasteiger partial charge in [-0.3, -0.25) is 4.79 Å². The van der Waals surface area contributed by atoms with E-state index in [1.807, 2.05) is 45.0 Å². The van der Waals surface area contributed by atoms with Gasteiger partial charge in [-0.15, -0.1) is 0 Å². The van der Waals surface area contributed by atoms with Crippen molar-refractivity contribution in [3.63, 3.8) is 0 Å². The maximum atomic E-state index is 12.0. The topological polar surface area (TPSA) is 84.0 Å². The van der Waals surface area contributed by atoms with Crippen LogP contribution in [0, 0.1) is 0 Å². The number of aliphatic imine (C=N–C) groups is 1. The van der Waals surface area contributed by atoms with Gasteiger partial charge in [-0.05, 0) is 38.5 Å². The molecule has 0 atom stereocenters. The van der Waals surface area contributed by atoms with Gasteiger partial charge in [0.15, 0.2) is 5.96 Å². The van der Waals surface area contributed by atoms with E-state index >= 15 is 0 Å². The maximum Gasteiger partial charge on any atom is 0.242 e. The average molecular weight is 350 g/mol. The number of benzene rings is 1. The number of rotatable bonds is 9. The van der Waals surface area contributed by atoms with E-state index in [1.165, 1.54) is 0 Å². The number of methoxy groups -OCH3 is 2. The second-order valence-electron chi connectivity index (χ2n) is 6.14. The first kappa shape index (κ1) is 20.8. The third-order valence-corrected chi connectivity index (χ3v) is 3.61. The smallest absolute Gasteiger partial charge is 0.242 e. The number of hydrogen-bond donors (Lipinski definition) is 3. The molecule has 1 amide bonds. The number of ether oxygens (including phenoxy) is 2. The number of hydrogen-bond acceptors (Lipinski definition) is 4. The first-order chi connectivity index (χ1) is 11.9. The van der Waals surface area contributed by atoms with Crippen molar-refractivity contribution in [2.45, 2.75) is 32.9 Å². The third-order valence-electron chi connectivity index (χ3n) is 3.61. The van der Waals surface area contributed by atoms with E-state index in [9.17, 15) is 4.79 Å². The molecular formula is C18H30N4O3. The number of carbonyl (C=O) groups is 1. The van der Waals surface area contributed by atoms with Gasteiger partial charge in [0.2, 0.25) is 5.91 Å². The number of amides is 1. The highest BCUT2D eigenvalue weighted by molar-refractivity contribution is 5.84. The molecule has 0 aliphatic heterocycles. The summed E-state index contributed by atoms with van der Waals surface area (Å²) >= 11 is 0. The molecule has 0 saturated carbocycles. The van der Waals surface area contributed by atoms with Crippen molar-refractivity contribution in [3.8, 4) is 5.75 Å². The monoisotopic (exact) mass is 350 g/mol. The Morgan fingerprint density at radius 3 is 2.36 bits per heavy atom. The zero-order chi connectivity index (χ0) is 18.7. The molecule has 0 bridgehead atoms. The standard InChI is InChI=1S/C18H30N4O3/c1-6-19-17(22-13-18(2,3)25-5)21-12-16(23)20-11-14-7-9-15(24-4)10-8-14/h7-10H,6,11-13H2,1-5H3,(H,20,23)(H2,19,21,22). The minimum absolute atomic E-state index is 0.0545. The Morgan fingerprint density at radius 2 is 1.80 bits per heavy atom.